The fraction of sp³-hybridized carbons (Fsp3) is 0.150. The van der Waals surface area contributed by atoms with Crippen LogP contribution in [0, 0.1) is 13.8 Å². The van der Waals surface area contributed by atoms with Crippen LogP contribution in [0.3, 0.4) is 0 Å². The summed E-state index contributed by atoms with van der Waals surface area (Å²) in [5, 5.41) is 16.2. The molecule has 1 N–H and O–H groups in total. The molecule has 2 heterocycles. The number of nitrogens with zero attached hydrogens (tertiary/aromatic N) is 5. The van der Waals surface area contributed by atoms with Gasteiger partial charge in [0.15, 0.2) is 0 Å². The topological polar surface area (TPSA) is 85.6 Å². The van der Waals surface area contributed by atoms with Gasteiger partial charge in [-0.3, -0.25) is 9.78 Å². The number of thioether (sulfide) groups is 1. The molecule has 0 aliphatic carbocycles. The molecule has 4 aromatic rings. The maximum absolute atomic E-state index is 12.9. The maximum Gasteiger partial charge on any atom is 0.257 e. The Balaban J connectivity index is 1.65. The number of nitrogens with one attached hydrogen (secondary N) is 1. The fourth-order valence-corrected chi connectivity index (χ4v) is 3.44. The number of pyridine rings is 1. The first-order valence-corrected chi connectivity index (χ1v) is 9.90. The lowest BCUT2D eigenvalue weighted by atomic mass is 10.1. The van der Waals surface area contributed by atoms with Crippen LogP contribution < -0.4 is 5.32 Å². The number of anilines is 1. The molecule has 0 aliphatic rings. The zero-order chi connectivity index (χ0) is 19.7. The molecule has 0 fully saturated rings. The summed E-state index contributed by atoms with van der Waals surface area (Å²) >= 11 is 1.45. The molecule has 0 bridgehead atoms. The molecule has 0 aliphatic heterocycles. The van der Waals surface area contributed by atoms with Crippen molar-refractivity contribution in [1.29, 1.82) is 0 Å². The Bertz CT molecular complexity index is 1190. The third kappa shape index (κ3) is 3.46. The Labute approximate surface area is 166 Å². The summed E-state index contributed by atoms with van der Waals surface area (Å²) in [6, 6.07) is 15.3. The number of rotatable bonds is 4. The number of carbonyl (C=O) groups is 1. The summed E-state index contributed by atoms with van der Waals surface area (Å²) in [5.74, 6) is -0.202. The summed E-state index contributed by atoms with van der Waals surface area (Å²) < 4.78 is 1.63. The third-order valence-electron chi connectivity index (χ3n) is 4.38. The minimum Gasteiger partial charge on any atom is -0.322 e. The van der Waals surface area contributed by atoms with Crippen LogP contribution in [-0.2, 0) is 0 Å². The summed E-state index contributed by atoms with van der Waals surface area (Å²) in [6.45, 7) is 3.86. The van der Waals surface area contributed by atoms with Crippen LogP contribution in [-0.4, -0.2) is 37.4 Å². The highest BCUT2D eigenvalue weighted by Gasteiger charge is 2.13. The molecule has 0 saturated heterocycles. The number of aryl methyl sites for hydroxylation is 2. The Morgan fingerprint density at radius 3 is 2.79 bits per heavy atom. The molecule has 140 valence electrons. The predicted molar refractivity (Wildman–Crippen MR) is 110 cm³/mol. The van der Waals surface area contributed by atoms with Crippen molar-refractivity contribution >= 4 is 34.3 Å². The average Bonchev–Trinajstić information content (AvgIpc) is 3.17. The highest BCUT2D eigenvalue weighted by atomic mass is 32.2. The van der Waals surface area contributed by atoms with Crippen molar-refractivity contribution in [2.24, 2.45) is 0 Å². The van der Waals surface area contributed by atoms with Crippen molar-refractivity contribution in [2.45, 2.75) is 19.0 Å². The lowest BCUT2D eigenvalue weighted by Gasteiger charge is -2.10. The van der Waals surface area contributed by atoms with E-state index in [1.54, 1.807) is 4.68 Å². The van der Waals surface area contributed by atoms with Gasteiger partial charge in [0.1, 0.15) is 0 Å². The van der Waals surface area contributed by atoms with Gasteiger partial charge in [-0.2, -0.15) is 4.68 Å². The van der Waals surface area contributed by atoms with Gasteiger partial charge in [0.2, 0.25) is 5.16 Å². The second-order valence-electron chi connectivity index (χ2n) is 6.40. The molecule has 4 rings (SSSR count). The highest BCUT2D eigenvalue weighted by Crippen LogP contribution is 2.21. The summed E-state index contributed by atoms with van der Waals surface area (Å²) in [5.41, 5.74) is 4.68. The van der Waals surface area contributed by atoms with Crippen molar-refractivity contribution in [3.8, 4) is 5.69 Å². The maximum atomic E-state index is 12.9. The number of hydrogen-bond acceptors (Lipinski definition) is 6. The monoisotopic (exact) mass is 390 g/mol. The molecule has 2 aromatic carbocycles. The van der Waals surface area contributed by atoms with E-state index < -0.39 is 0 Å². The highest BCUT2D eigenvalue weighted by molar-refractivity contribution is 7.98. The Kier molecular flexibility index (Phi) is 4.79. The first-order valence-electron chi connectivity index (χ1n) is 8.67. The number of hydrogen-bond donors (Lipinski definition) is 1. The van der Waals surface area contributed by atoms with Crippen LogP contribution in [0.25, 0.3) is 16.6 Å². The molecule has 0 radical (unpaired) electrons. The first kappa shape index (κ1) is 18.1. The zero-order valence-corrected chi connectivity index (χ0v) is 16.5. The largest absolute Gasteiger partial charge is 0.322 e. The van der Waals surface area contributed by atoms with Crippen LogP contribution in [0.1, 0.15) is 21.6 Å². The van der Waals surface area contributed by atoms with E-state index in [2.05, 4.69) is 25.8 Å². The van der Waals surface area contributed by atoms with Gasteiger partial charge in [-0.25, -0.2) is 0 Å². The quantitative estimate of drug-likeness (QED) is 0.534. The molecule has 0 unspecified atom stereocenters. The standard InChI is InChI=1S/C20H18N6OS/c1-12-7-8-18-14(9-12)10-17(13(2)21-18)19(27)22-15-5-4-6-16(11-15)26-20(28-3)23-24-25-26/h4-11H,1-3H3,(H,22,27). The predicted octanol–water partition coefficient (Wildman–Crippen LogP) is 3.80. The third-order valence-corrected chi connectivity index (χ3v) is 5.00. The molecule has 0 spiro atoms. The van der Waals surface area contributed by atoms with Crippen LogP contribution in [0.15, 0.2) is 53.7 Å². The van der Waals surface area contributed by atoms with Crippen molar-refractivity contribution < 1.29 is 4.79 Å². The summed E-state index contributed by atoms with van der Waals surface area (Å²) in [4.78, 5) is 17.4. The van der Waals surface area contributed by atoms with E-state index in [0.29, 0.717) is 22.1 Å². The normalized spacial score (nSPS) is 11.0. The van der Waals surface area contributed by atoms with Gasteiger partial charge in [-0.1, -0.05) is 29.5 Å². The van der Waals surface area contributed by atoms with Gasteiger partial charge >= 0.3 is 0 Å². The van der Waals surface area contributed by atoms with Crippen molar-refractivity contribution in [3.05, 3.63) is 65.4 Å². The minimum atomic E-state index is -0.202. The van der Waals surface area contributed by atoms with E-state index in [9.17, 15) is 4.79 Å². The molecule has 28 heavy (non-hydrogen) atoms. The van der Waals surface area contributed by atoms with Gasteiger partial charge in [-0.15, -0.1) is 5.10 Å². The number of aromatic nitrogens is 5. The SMILES string of the molecule is CSc1nnnn1-c1cccc(NC(=O)c2cc3cc(C)ccc3nc2C)c1. The molecule has 1 amide bonds. The van der Waals surface area contributed by atoms with Crippen molar-refractivity contribution in [2.75, 3.05) is 11.6 Å². The molecule has 8 heteroatoms. The van der Waals surface area contributed by atoms with E-state index >= 15 is 0 Å². The number of amides is 1. The van der Waals surface area contributed by atoms with Gasteiger partial charge in [0.25, 0.3) is 5.91 Å². The fourth-order valence-electron chi connectivity index (χ4n) is 3.00. The van der Waals surface area contributed by atoms with Crippen LogP contribution in [0.2, 0.25) is 0 Å². The second-order valence-corrected chi connectivity index (χ2v) is 7.17. The lowest BCUT2D eigenvalue weighted by molar-refractivity contribution is 0.102. The Hall–Kier alpha value is -3.26. The number of fused-ring (bicyclic) bond motifs is 1. The molecule has 0 atom stereocenters. The average molecular weight is 390 g/mol. The van der Waals surface area contributed by atoms with E-state index in [-0.39, 0.29) is 5.91 Å². The minimum absolute atomic E-state index is 0.202. The second kappa shape index (κ2) is 7.40. The number of carbonyl (C=O) groups excluding carboxylic acids is 1. The van der Waals surface area contributed by atoms with Crippen molar-refractivity contribution in [1.82, 2.24) is 25.2 Å². The zero-order valence-electron chi connectivity index (χ0n) is 15.7. The van der Waals surface area contributed by atoms with Crippen LogP contribution in [0.4, 0.5) is 5.69 Å². The molecule has 7 nitrogen and oxygen atoms in total. The number of benzene rings is 2. The van der Waals surface area contributed by atoms with Gasteiger partial charge in [-0.05, 0) is 66.9 Å². The van der Waals surface area contributed by atoms with Crippen molar-refractivity contribution in [3.63, 3.8) is 0 Å². The molecule has 0 saturated carbocycles. The lowest BCUT2D eigenvalue weighted by Crippen LogP contribution is -2.14. The van der Waals surface area contributed by atoms with Gasteiger partial charge < -0.3 is 5.32 Å². The van der Waals surface area contributed by atoms with Crippen LogP contribution in [0.5, 0.6) is 0 Å². The van der Waals surface area contributed by atoms with E-state index in [4.69, 9.17) is 0 Å². The van der Waals surface area contributed by atoms with Gasteiger partial charge in [0.05, 0.1) is 22.5 Å². The molecular weight excluding hydrogens is 372 g/mol. The Morgan fingerprint density at radius 2 is 1.96 bits per heavy atom. The van der Waals surface area contributed by atoms with E-state index in [0.717, 1.165) is 22.2 Å². The Morgan fingerprint density at radius 1 is 1.11 bits per heavy atom. The van der Waals surface area contributed by atoms with E-state index in [1.165, 1.54) is 11.8 Å². The van der Waals surface area contributed by atoms with E-state index in [1.807, 2.05) is 68.6 Å². The summed E-state index contributed by atoms with van der Waals surface area (Å²) in [6.07, 6.45) is 1.91. The number of tetrazole rings is 1. The van der Waals surface area contributed by atoms with Gasteiger partial charge in [0, 0.05) is 11.1 Å². The molecule has 2 aromatic heterocycles. The smallest absolute Gasteiger partial charge is 0.257 e. The first-order chi connectivity index (χ1) is 13.5. The molecular formula is C20H18N6OS. The van der Waals surface area contributed by atoms with Crippen LogP contribution >= 0.6 is 11.8 Å². The summed E-state index contributed by atoms with van der Waals surface area (Å²) in [7, 11) is 0.